The van der Waals surface area contributed by atoms with Gasteiger partial charge in [-0.2, -0.15) is 0 Å². The Hall–Kier alpha value is -14.5. The number of aryl methyl sites for hydroxylation is 1. The topological polar surface area (TPSA) is 63.2 Å². The molecule has 0 saturated carbocycles. The molecule has 0 bridgehead atoms. The third-order valence-electron chi connectivity index (χ3n) is 25.0. The first kappa shape index (κ1) is 69.6. The molecule has 0 spiro atoms. The maximum atomic E-state index is 3.79. The monoisotopic (exact) mass is 1610 g/mol. The third kappa shape index (κ3) is 11.1. The summed E-state index contributed by atoms with van der Waals surface area (Å²) in [7, 11) is 0. The van der Waals surface area contributed by atoms with Crippen molar-refractivity contribution in [2.75, 3.05) is 0 Å². The van der Waals surface area contributed by atoms with Gasteiger partial charge in [-0.05, 0) is 117 Å². The van der Waals surface area contributed by atoms with E-state index in [1.165, 1.54) is 261 Å². The van der Waals surface area contributed by atoms with Crippen molar-refractivity contribution in [3.05, 3.63) is 388 Å². The van der Waals surface area contributed by atoms with E-state index in [-0.39, 0.29) is 0 Å². The molecule has 8 heterocycles. The smallest absolute Gasteiger partial charge is 0.0565 e. The van der Waals surface area contributed by atoms with E-state index in [1.54, 1.807) is 0 Å². The second-order valence-corrected chi connectivity index (χ2v) is 36.1. The van der Waals surface area contributed by atoms with Crippen molar-refractivity contribution in [1.82, 2.24) is 19.9 Å². The second kappa shape index (κ2) is 27.8. The van der Waals surface area contributed by atoms with E-state index in [0.717, 1.165) is 0 Å². The Morgan fingerprint density at radius 1 is 0.157 bits per heavy atom. The van der Waals surface area contributed by atoms with E-state index in [4.69, 9.17) is 0 Å². The summed E-state index contributed by atoms with van der Waals surface area (Å²) < 4.78 is 10.9. The van der Waals surface area contributed by atoms with Crippen molar-refractivity contribution >= 4 is 256 Å². The summed E-state index contributed by atoms with van der Waals surface area (Å²) >= 11 is 7.61. The molecule has 0 unspecified atom stereocenters. The van der Waals surface area contributed by atoms with Crippen LogP contribution in [0.5, 0.6) is 0 Å². The number of nitrogens with one attached hydrogen (secondary N) is 4. The van der Waals surface area contributed by atoms with E-state index >= 15 is 0 Å². The molecule has 0 atom stereocenters. The number of aromatic amines is 4. The van der Waals surface area contributed by atoms with E-state index in [9.17, 15) is 0 Å². The summed E-state index contributed by atoms with van der Waals surface area (Å²) in [6.45, 7) is 2.13. The summed E-state index contributed by atoms with van der Waals surface area (Å²) in [6, 6.07) is 138. The Bertz CT molecular complexity index is 9090. The summed E-state index contributed by atoms with van der Waals surface area (Å²) in [6.07, 6.45) is 0. The fourth-order valence-electron chi connectivity index (χ4n) is 19.5. The molecule has 0 fully saturated rings. The molecular formula is C113H70N4S4. The fraction of sp³-hybridized carbons (Fsp3) is 0.00885. The van der Waals surface area contributed by atoms with Crippen LogP contribution in [0.2, 0.25) is 0 Å². The van der Waals surface area contributed by atoms with Crippen molar-refractivity contribution in [2.24, 2.45) is 0 Å². The lowest BCUT2D eigenvalue weighted by atomic mass is 9.98. The molecule has 0 radical (unpaired) electrons. The molecule has 28 aromatic rings. The Labute approximate surface area is 709 Å². The molecule has 28 rings (SSSR count). The summed E-state index contributed by atoms with van der Waals surface area (Å²) in [5.41, 5.74) is 21.0. The quantitative estimate of drug-likeness (QED) is 0.136. The van der Waals surface area contributed by atoms with Crippen LogP contribution in [0.3, 0.4) is 0 Å². The van der Waals surface area contributed by atoms with Crippen molar-refractivity contribution in [3.63, 3.8) is 0 Å². The Morgan fingerprint density at radius 3 is 0.884 bits per heavy atom. The number of fused-ring (bicyclic) bond motifs is 40. The second-order valence-electron chi connectivity index (χ2n) is 31.9. The van der Waals surface area contributed by atoms with E-state index in [2.05, 4.69) is 409 Å². The Balaban J connectivity index is 0.0000000891. The number of thiophene rings is 4. The number of hydrogen-bond donors (Lipinski definition) is 4. The highest BCUT2D eigenvalue weighted by atomic mass is 32.1. The van der Waals surface area contributed by atoms with Gasteiger partial charge in [-0.1, -0.05) is 333 Å². The number of aromatic nitrogens is 4. The predicted octanol–water partition coefficient (Wildman–Crippen LogP) is 34.3. The van der Waals surface area contributed by atoms with E-state index < -0.39 is 0 Å². The molecule has 0 aliphatic rings. The molecule has 8 aromatic heterocycles. The minimum absolute atomic E-state index is 1.19. The lowest BCUT2D eigenvalue weighted by molar-refractivity contribution is 1.47. The zero-order valence-electron chi connectivity index (χ0n) is 65.5. The van der Waals surface area contributed by atoms with Gasteiger partial charge in [-0.15, -0.1) is 45.3 Å². The average Bonchev–Trinajstić information content (AvgIpc) is 1.58. The molecule has 20 aromatic carbocycles. The van der Waals surface area contributed by atoms with E-state index in [1.807, 2.05) is 45.3 Å². The Morgan fingerprint density at radius 2 is 0.438 bits per heavy atom. The number of benzene rings is 20. The van der Waals surface area contributed by atoms with Gasteiger partial charge in [-0.25, -0.2) is 0 Å². The molecular weight excluding hydrogens is 1540 g/mol. The van der Waals surface area contributed by atoms with Crippen LogP contribution in [0.1, 0.15) is 5.56 Å². The van der Waals surface area contributed by atoms with Gasteiger partial charge in [0.2, 0.25) is 0 Å². The molecule has 566 valence electrons. The van der Waals surface area contributed by atoms with E-state index in [0.29, 0.717) is 0 Å². The minimum Gasteiger partial charge on any atom is -0.354 e. The molecule has 8 heteroatoms. The summed E-state index contributed by atoms with van der Waals surface area (Å²) in [4.78, 5) is 15.1. The zero-order valence-corrected chi connectivity index (χ0v) is 68.8. The van der Waals surface area contributed by atoms with Crippen molar-refractivity contribution in [1.29, 1.82) is 0 Å². The van der Waals surface area contributed by atoms with Crippen molar-refractivity contribution in [2.45, 2.75) is 6.92 Å². The Kier molecular flexibility index (Phi) is 16.0. The lowest BCUT2D eigenvalue weighted by Crippen LogP contribution is -1.79. The molecule has 4 N–H and O–H groups in total. The van der Waals surface area contributed by atoms with Crippen LogP contribution in [0.15, 0.2) is 382 Å². The van der Waals surface area contributed by atoms with Crippen LogP contribution in [0.25, 0.3) is 256 Å². The molecule has 121 heavy (non-hydrogen) atoms. The van der Waals surface area contributed by atoms with Crippen LogP contribution < -0.4 is 0 Å². The highest BCUT2D eigenvalue weighted by molar-refractivity contribution is 7.28. The van der Waals surface area contributed by atoms with Gasteiger partial charge in [0.05, 0.1) is 22.1 Å². The van der Waals surface area contributed by atoms with Gasteiger partial charge in [0.1, 0.15) is 0 Å². The number of rotatable bonds is 4. The molecule has 0 amide bonds. The van der Waals surface area contributed by atoms with Gasteiger partial charge in [0.15, 0.2) is 0 Å². The first-order valence-corrected chi connectivity index (χ1v) is 44.5. The first-order valence-electron chi connectivity index (χ1n) is 41.3. The third-order valence-corrected chi connectivity index (χ3v) is 29.8. The van der Waals surface area contributed by atoms with Gasteiger partial charge in [0.25, 0.3) is 0 Å². The van der Waals surface area contributed by atoms with Crippen LogP contribution in [-0.2, 0) is 0 Å². The van der Waals surface area contributed by atoms with Gasteiger partial charge >= 0.3 is 0 Å². The highest BCUT2D eigenvalue weighted by Crippen LogP contribution is 2.52. The summed E-state index contributed by atoms with van der Waals surface area (Å²) in [5.74, 6) is 0. The molecule has 0 aliphatic carbocycles. The zero-order chi connectivity index (χ0) is 79.5. The van der Waals surface area contributed by atoms with Crippen LogP contribution in [-0.4, -0.2) is 19.9 Å². The van der Waals surface area contributed by atoms with Crippen molar-refractivity contribution in [3.8, 4) is 44.5 Å². The largest absolute Gasteiger partial charge is 0.354 e. The molecule has 0 saturated heterocycles. The standard InChI is InChI=1S/C29H19NS.3C28H17NS/c1-17-10-12-18(13-11-17)19-14-15-22-24(16-19)30-28-20-6-2-3-7-21(20)29-27(26(22)28)23-8-4-5-9-25(23)31-29;1-2-8-17(9-3-1)18-14-15-21-23(16-18)29-27-19-10-4-5-11-20(19)28-26(25(21)27)22-12-6-7-13-24(22)30-28;1-2-8-17(9-3-1)18-14-15-21-23(16-18)29-27-20-11-5-4-10-19(20)25-22-12-6-7-13-24(22)30-28(25)26(21)27;1-2-8-17(9-3-1)18-14-15-23-22(16-18)25-19-10-4-5-11-20(19)28-26(27(25)29-23)21-12-6-7-13-24(21)30-28/h2-16,30H,1H3;3*1-16,29H. The average molecular weight is 1610 g/mol. The fourth-order valence-corrected chi connectivity index (χ4v) is 24.6. The lowest BCUT2D eigenvalue weighted by Gasteiger charge is -2.05. The SMILES string of the molecule is Cc1ccc(-c2ccc3c(c2)[nH]c2c4ccccc4c4sc5ccccc5c4c32)cc1.c1ccc(-c2ccc3[nH]c4c(c3c2)c2ccccc2c2sc3ccccc3c42)cc1.c1ccc(-c2ccc3c(c2)[nH]c2c4ccccc4c4c5ccccc5sc4c32)cc1.c1ccc(-c2ccc3c(c2)[nH]c2c4ccccc4c4sc5ccccc5c4c32)cc1. The molecule has 4 nitrogen and oxygen atoms in total. The molecule has 0 aliphatic heterocycles. The van der Waals surface area contributed by atoms with Crippen LogP contribution >= 0.6 is 45.3 Å². The maximum Gasteiger partial charge on any atom is 0.0565 e. The summed E-state index contributed by atoms with van der Waals surface area (Å²) in [5, 5.41) is 31.9. The predicted molar refractivity (Wildman–Crippen MR) is 531 cm³/mol. The minimum atomic E-state index is 1.19. The van der Waals surface area contributed by atoms with Gasteiger partial charge in [-0.3, -0.25) is 0 Å². The van der Waals surface area contributed by atoms with Gasteiger partial charge in [0, 0.05) is 178 Å². The maximum absolute atomic E-state index is 3.79. The first-order chi connectivity index (χ1) is 59.9. The number of H-pyrrole nitrogens is 4. The van der Waals surface area contributed by atoms with Crippen LogP contribution in [0.4, 0.5) is 0 Å². The van der Waals surface area contributed by atoms with Crippen molar-refractivity contribution < 1.29 is 0 Å². The van der Waals surface area contributed by atoms with Gasteiger partial charge < -0.3 is 19.9 Å². The van der Waals surface area contributed by atoms with Crippen LogP contribution in [0, 0.1) is 6.92 Å². The number of hydrogen-bond acceptors (Lipinski definition) is 4. The normalized spacial score (nSPS) is 12.0. The highest BCUT2D eigenvalue weighted by Gasteiger charge is 2.24.